The fourth-order valence-electron chi connectivity index (χ4n) is 2.87. The van der Waals surface area contributed by atoms with Crippen molar-refractivity contribution in [2.45, 2.75) is 6.42 Å². The highest BCUT2D eigenvalue weighted by Crippen LogP contribution is 2.22. The Labute approximate surface area is 151 Å². The van der Waals surface area contributed by atoms with Crippen molar-refractivity contribution in [2.75, 3.05) is 19.0 Å². The minimum Gasteiger partial charge on any atom is -0.497 e. The van der Waals surface area contributed by atoms with Crippen molar-refractivity contribution in [1.82, 2.24) is 19.7 Å². The number of rotatable bonds is 6. The third-order valence-corrected chi connectivity index (χ3v) is 4.23. The largest absolute Gasteiger partial charge is 0.497 e. The zero-order valence-corrected chi connectivity index (χ0v) is 14.5. The third-order valence-electron chi connectivity index (χ3n) is 4.23. The second-order valence-corrected chi connectivity index (χ2v) is 5.88. The molecule has 0 spiro atoms. The number of ether oxygens (including phenoxy) is 1. The van der Waals surface area contributed by atoms with Gasteiger partial charge >= 0.3 is 0 Å². The van der Waals surface area contributed by atoms with E-state index in [1.807, 2.05) is 30.3 Å². The molecule has 0 saturated heterocycles. The number of nitrogens with zero attached hydrogens (tertiary/aromatic N) is 4. The first-order chi connectivity index (χ1) is 12.8. The maximum Gasteiger partial charge on any atom is 0.168 e. The molecule has 6 heteroatoms. The fourth-order valence-corrected chi connectivity index (χ4v) is 2.87. The molecule has 0 atom stereocenters. The monoisotopic (exact) mass is 345 g/mol. The van der Waals surface area contributed by atoms with Crippen LogP contribution in [0.1, 0.15) is 5.56 Å². The highest BCUT2D eigenvalue weighted by Gasteiger charge is 2.11. The summed E-state index contributed by atoms with van der Waals surface area (Å²) in [6, 6.07) is 18.1. The fraction of sp³-hybridized carbons (Fsp3) is 0.150. The van der Waals surface area contributed by atoms with Gasteiger partial charge in [-0.1, -0.05) is 30.3 Å². The van der Waals surface area contributed by atoms with Crippen LogP contribution in [0.25, 0.3) is 16.7 Å². The van der Waals surface area contributed by atoms with Crippen molar-refractivity contribution in [3.8, 4) is 11.4 Å². The van der Waals surface area contributed by atoms with Crippen LogP contribution in [0.15, 0.2) is 67.1 Å². The van der Waals surface area contributed by atoms with Crippen LogP contribution in [0.3, 0.4) is 0 Å². The average Bonchev–Trinajstić information content (AvgIpc) is 3.14. The maximum absolute atomic E-state index is 5.21. The van der Waals surface area contributed by atoms with E-state index in [2.05, 4.69) is 44.6 Å². The van der Waals surface area contributed by atoms with Gasteiger partial charge in [-0.15, -0.1) is 0 Å². The summed E-state index contributed by atoms with van der Waals surface area (Å²) >= 11 is 0. The summed E-state index contributed by atoms with van der Waals surface area (Å²) in [5.74, 6) is 1.61. The molecule has 2 heterocycles. The molecular weight excluding hydrogens is 326 g/mol. The zero-order valence-electron chi connectivity index (χ0n) is 14.5. The summed E-state index contributed by atoms with van der Waals surface area (Å²) in [4.78, 5) is 8.78. The third kappa shape index (κ3) is 3.21. The number of hydrogen-bond acceptors (Lipinski definition) is 5. The topological polar surface area (TPSA) is 64.9 Å². The van der Waals surface area contributed by atoms with Crippen molar-refractivity contribution in [3.63, 3.8) is 0 Å². The normalized spacial score (nSPS) is 10.8. The molecule has 0 fully saturated rings. The summed E-state index contributed by atoms with van der Waals surface area (Å²) < 4.78 is 7.01. The molecule has 0 amide bonds. The van der Waals surface area contributed by atoms with Gasteiger partial charge in [0, 0.05) is 6.54 Å². The average molecular weight is 345 g/mol. The first-order valence-corrected chi connectivity index (χ1v) is 8.46. The highest BCUT2D eigenvalue weighted by molar-refractivity contribution is 5.87. The first-order valence-electron chi connectivity index (χ1n) is 8.46. The predicted molar refractivity (Wildman–Crippen MR) is 102 cm³/mol. The van der Waals surface area contributed by atoms with E-state index in [0.717, 1.165) is 41.3 Å². The van der Waals surface area contributed by atoms with Crippen LogP contribution in [0, 0.1) is 0 Å². The molecule has 4 aromatic rings. The van der Waals surface area contributed by atoms with Gasteiger partial charge < -0.3 is 10.1 Å². The van der Waals surface area contributed by atoms with Crippen molar-refractivity contribution >= 4 is 16.9 Å². The van der Waals surface area contributed by atoms with E-state index in [0.29, 0.717) is 0 Å². The Morgan fingerprint density at radius 3 is 2.58 bits per heavy atom. The van der Waals surface area contributed by atoms with E-state index in [1.165, 1.54) is 5.56 Å². The Morgan fingerprint density at radius 1 is 1.00 bits per heavy atom. The van der Waals surface area contributed by atoms with Crippen LogP contribution in [-0.4, -0.2) is 33.4 Å². The summed E-state index contributed by atoms with van der Waals surface area (Å²) in [6.07, 6.45) is 4.29. The number of fused-ring (bicyclic) bond motifs is 1. The molecule has 0 aliphatic heterocycles. The predicted octanol–water partition coefficient (Wildman–Crippen LogP) is 3.48. The lowest BCUT2D eigenvalue weighted by Crippen LogP contribution is -2.07. The van der Waals surface area contributed by atoms with Crippen molar-refractivity contribution in [1.29, 1.82) is 0 Å². The van der Waals surface area contributed by atoms with Gasteiger partial charge in [0.1, 0.15) is 17.9 Å². The van der Waals surface area contributed by atoms with E-state index >= 15 is 0 Å². The van der Waals surface area contributed by atoms with Gasteiger partial charge in [0.15, 0.2) is 5.65 Å². The van der Waals surface area contributed by atoms with Crippen LogP contribution in [0.2, 0.25) is 0 Å². The number of nitrogens with one attached hydrogen (secondary N) is 1. The zero-order chi connectivity index (χ0) is 17.8. The number of benzene rings is 2. The van der Waals surface area contributed by atoms with E-state index in [1.54, 1.807) is 24.3 Å². The van der Waals surface area contributed by atoms with Gasteiger partial charge in [-0.2, -0.15) is 5.10 Å². The number of aromatic nitrogens is 4. The van der Waals surface area contributed by atoms with Gasteiger partial charge in [0.05, 0.1) is 24.4 Å². The van der Waals surface area contributed by atoms with Crippen LogP contribution >= 0.6 is 0 Å². The van der Waals surface area contributed by atoms with E-state index in [4.69, 9.17) is 4.74 Å². The second kappa shape index (κ2) is 7.23. The smallest absolute Gasteiger partial charge is 0.168 e. The van der Waals surface area contributed by atoms with Crippen LogP contribution < -0.4 is 10.1 Å². The van der Waals surface area contributed by atoms with Crippen LogP contribution in [-0.2, 0) is 6.42 Å². The van der Waals surface area contributed by atoms with Crippen molar-refractivity contribution in [3.05, 3.63) is 72.7 Å². The minimum atomic E-state index is 0.771. The maximum atomic E-state index is 5.21. The van der Waals surface area contributed by atoms with Crippen molar-refractivity contribution in [2.24, 2.45) is 0 Å². The molecule has 0 unspecified atom stereocenters. The Balaban J connectivity index is 1.56. The Kier molecular flexibility index (Phi) is 4.47. The summed E-state index contributed by atoms with van der Waals surface area (Å²) in [7, 11) is 1.65. The Hall–Kier alpha value is -3.41. The molecule has 2 aromatic heterocycles. The first kappa shape index (κ1) is 16.1. The lowest BCUT2D eigenvalue weighted by Gasteiger charge is -2.07. The van der Waals surface area contributed by atoms with Crippen molar-refractivity contribution < 1.29 is 4.74 Å². The molecule has 0 aliphatic carbocycles. The van der Waals surface area contributed by atoms with Crippen LogP contribution in [0.5, 0.6) is 5.75 Å². The molecule has 1 N–H and O–H groups in total. The molecule has 0 bridgehead atoms. The minimum absolute atomic E-state index is 0.771. The number of anilines is 1. The highest BCUT2D eigenvalue weighted by atomic mass is 16.5. The van der Waals surface area contributed by atoms with Crippen LogP contribution in [0.4, 0.5) is 5.82 Å². The molecule has 130 valence electrons. The van der Waals surface area contributed by atoms with E-state index in [9.17, 15) is 0 Å². The lowest BCUT2D eigenvalue weighted by atomic mass is 10.1. The van der Waals surface area contributed by atoms with Gasteiger partial charge in [0.25, 0.3) is 0 Å². The SMILES string of the molecule is COc1ccc(-n2ncc3c(NCCc4ccccc4)ncnc32)cc1. The summed E-state index contributed by atoms with van der Waals surface area (Å²) in [5, 5.41) is 8.78. The molecular formula is C20H19N5O. The van der Waals surface area contributed by atoms with E-state index in [-0.39, 0.29) is 0 Å². The number of methoxy groups -OCH3 is 1. The van der Waals surface area contributed by atoms with Gasteiger partial charge in [-0.3, -0.25) is 0 Å². The molecule has 4 rings (SSSR count). The lowest BCUT2D eigenvalue weighted by molar-refractivity contribution is 0.414. The van der Waals surface area contributed by atoms with Gasteiger partial charge in [-0.25, -0.2) is 14.6 Å². The molecule has 0 aliphatic rings. The second-order valence-electron chi connectivity index (χ2n) is 5.88. The molecule has 6 nitrogen and oxygen atoms in total. The molecule has 2 aromatic carbocycles. The number of hydrogen-bond donors (Lipinski definition) is 1. The Morgan fingerprint density at radius 2 is 1.81 bits per heavy atom. The van der Waals surface area contributed by atoms with Gasteiger partial charge in [0.2, 0.25) is 0 Å². The molecule has 26 heavy (non-hydrogen) atoms. The Bertz CT molecular complexity index is 996. The summed E-state index contributed by atoms with van der Waals surface area (Å²) in [5.41, 5.74) is 2.99. The summed E-state index contributed by atoms with van der Waals surface area (Å²) in [6.45, 7) is 0.795. The molecule has 0 radical (unpaired) electrons. The van der Waals surface area contributed by atoms with E-state index < -0.39 is 0 Å². The molecule has 0 saturated carbocycles. The van der Waals surface area contributed by atoms with Gasteiger partial charge in [-0.05, 0) is 36.2 Å². The quantitative estimate of drug-likeness (QED) is 0.580. The standard InChI is InChI=1S/C20H19N5O/c1-26-17-9-7-16(8-10-17)25-20-18(13-24-25)19(22-14-23-20)21-12-11-15-5-3-2-4-6-15/h2-10,13-14H,11-12H2,1H3,(H,21,22,23).